The molecule has 1 aromatic heterocycles. The molecule has 1 saturated heterocycles. The number of carboxylic acids is 1. The van der Waals surface area contributed by atoms with Crippen LogP contribution in [0.3, 0.4) is 0 Å². The molecule has 0 unspecified atom stereocenters. The predicted octanol–water partition coefficient (Wildman–Crippen LogP) is -0.333. The zero-order chi connectivity index (χ0) is 15.5. The van der Waals surface area contributed by atoms with E-state index in [0.29, 0.717) is 19.6 Å². The summed E-state index contributed by atoms with van der Waals surface area (Å²) < 4.78 is 24.3. The van der Waals surface area contributed by atoms with E-state index in [-0.39, 0.29) is 17.1 Å². The molecule has 2 rings (SSSR count). The van der Waals surface area contributed by atoms with Gasteiger partial charge in [-0.3, -0.25) is 4.79 Å². The Kier molecular flexibility index (Phi) is 4.79. The molecule has 2 heterocycles. The standard InChI is InChI=1S/C13H18N2O5S/c16-12-2-5-15(10-11(12)13(17)18)4-1-3-14-6-8-21(19,20)9-7-14/h2,5,10H,1,3-4,6-9H2,(H,17,18). The SMILES string of the molecule is O=C(O)c1cn(CCCN2CCS(=O)(=O)CC2)ccc1=O. The molecule has 0 radical (unpaired) electrons. The fourth-order valence-electron chi connectivity index (χ4n) is 2.28. The molecule has 1 aliphatic rings. The van der Waals surface area contributed by atoms with Crippen molar-refractivity contribution in [3.05, 3.63) is 34.2 Å². The normalized spacial score (nSPS) is 18.5. The first-order valence-electron chi connectivity index (χ1n) is 6.73. The van der Waals surface area contributed by atoms with Crippen LogP contribution >= 0.6 is 0 Å². The second-order valence-electron chi connectivity index (χ2n) is 5.11. The Morgan fingerprint density at radius 1 is 1.24 bits per heavy atom. The largest absolute Gasteiger partial charge is 0.477 e. The quantitative estimate of drug-likeness (QED) is 0.799. The molecule has 0 amide bonds. The molecule has 0 aliphatic carbocycles. The maximum Gasteiger partial charge on any atom is 0.341 e. The summed E-state index contributed by atoms with van der Waals surface area (Å²) in [5.74, 6) is -0.821. The minimum atomic E-state index is -2.86. The summed E-state index contributed by atoms with van der Waals surface area (Å²) in [5.41, 5.74) is -0.735. The van der Waals surface area contributed by atoms with Crippen molar-refractivity contribution < 1.29 is 18.3 Å². The molecule has 8 heteroatoms. The lowest BCUT2D eigenvalue weighted by atomic mass is 10.2. The molecule has 0 atom stereocenters. The lowest BCUT2D eigenvalue weighted by molar-refractivity contribution is 0.0694. The fourth-order valence-corrected chi connectivity index (χ4v) is 3.55. The Labute approximate surface area is 122 Å². The van der Waals surface area contributed by atoms with Crippen LogP contribution in [0, 0.1) is 0 Å². The Morgan fingerprint density at radius 2 is 1.90 bits per heavy atom. The van der Waals surface area contributed by atoms with E-state index in [9.17, 15) is 18.0 Å². The van der Waals surface area contributed by atoms with Gasteiger partial charge in [-0.05, 0) is 13.0 Å². The number of hydrogen-bond acceptors (Lipinski definition) is 5. The van der Waals surface area contributed by atoms with Gasteiger partial charge in [-0.1, -0.05) is 0 Å². The second kappa shape index (κ2) is 6.40. The van der Waals surface area contributed by atoms with Crippen LogP contribution in [0.25, 0.3) is 0 Å². The summed E-state index contributed by atoms with van der Waals surface area (Å²) in [6, 6.07) is 1.25. The zero-order valence-corrected chi connectivity index (χ0v) is 12.4. The van der Waals surface area contributed by atoms with Gasteiger partial charge in [-0.2, -0.15) is 0 Å². The van der Waals surface area contributed by atoms with Crippen LogP contribution in [0.1, 0.15) is 16.8 Å². The summed E-state index contributed by atoms with van der Waals surface area (Å²) in [6.07, 6.45) is 3.67. The first kappa shape index (κ1) is 15.7. The van der Waals surface area contributed by atoms with Crippen molar-refractivity contribution in [2.45, 2.75) is 13.0 Å². The van der Waals surface area contributed by atoms with E-state index in [1.165, 1.54) is 12.3 Å². The summed E-state index contributed by atoms with van der Waals surface area (Å²) in [5, 5.41) is 8.89. The summed E-state index contributed by atoms with van der Waals surface area (Å²) in [6.45, 7) is 2.44. The monoisotopic (exact) mass is 314 g/mol. The highest BCUT2D eigenvalue weighted by atomic mass is 32.2. The number of hydrogen-bond donors (Lipinski definition) is 1. The van der Waals surface area contributed by atoms with Crippen molar-refractivity contribution in [1.82, 2.24) is 9.47 Å². The average molecular weight is 314 g/mol. The second-order valence-corrected chi connectivity index (χ2v) is 7.42. The number of carboxylic acid groups (broad SMARTS) is 1. The van der Waals surface area contributed by atoms with Crippen LogP contribution in [0.15, 0.2) is 23.3 Å². The molecule has 1 aliphatic heterocycles. The third-order valence-corrected chi connectivity index (χ3v) is 5.15. The van der Waals surface area contributed by atoms with Crippen LogP contribution in [0.4, 0.5) is 0 Å². The smallest absolute Gasteiger partial charge is 0.341 e. The van der Waals surface area contributed by atoms with Gasteiger partial charge >= 0.3 is 5.97 Å². The maximum atomic E-state index is 11.3. The van der Waals surface area contributed by atoms with E-state index in [2.05, 4.69) is 4.90 Å². The lowest BCUT2D eigenvalue weighted by Gasteiger charge is -2.26. The first-order chi connectivity index (χ1) is 9.87. The molecule has 0 spiro atoms. The molecule has 21 heavy (non-hydrogen) atoms. The van der Waals surface area contributed by atoms with Gasteiger partial charge < -0.3 is 14.6 Å². The molecule has 116 valence electrons. The number of aromatic carboxylic acids is 1. The number of nitrogens with zero attached hydrogens (tertiary/aromatic N) is 2. The number of aromatic nitrogens is 1. The van der Waals surface area contributed by atoms with Gasteiger partial charge in [0.15, 0.2) is 15.3 Å². The van der Waals surface area contributed by atoms with Crippen molar-refractivity contribution in [3.8, 4) is 0 Å². The number of rotatable bonds is 5. The van der Waals surface area contributed by atoms with Crippen LogP contribution in [-0.4, -0.2) is 60.1 Å². The molecular formula is C13H18N2O5S. The van der Waals surface area contributed by atoms with Crippen LogP contribution in [0.2, 0.25) is 0 Å². The molecule has 7 nitrogen and oxygen atoms in total. The van der Waals surface area contributed by atoms with Gasteiger partial charge in [0, 0.05) is 38.1 Å². The van der Waals surface area contributed by atoms with Gasteiger partial charge in [0.2, 0.25) is 0 Å². The number of pyridine rings is 1. The van der Waals surface area contributed by atoms with E-state index in [4.69, 9.17) is 5.11 Å². The summed E-state index contributed by atoms with van der Waals surface area (Å²) in [7, 11) is -2.86. The third-order valence-electron chi connectivity index (χ3n) is 3.54. The highest BCUT2D eigenvalue weighted by molar-refractivity contribution is 7.91. The van der Waals surface area contributed by atoms with Crippen molar-refractivity contribution in [2.24, 2.45) is 0 Å². The molecule has 1 aromatic rings. The van der Waals surface area contributed by atoms with E-state index >= 15 is 0 Å². The van der Waals surface area contributed by atoms with Gasteiger partial charge in [-0.15, -0.1) is 0 Å². The average Bonchev–Trinajstić information content (AvgIpc) is 2.42. The van der Waals surface area contributed by atoms with Crippen molar-refractivity contribution in [1.29, 1.82) is 0 Å². The van der Waals surface area contributed by atoms with Crippen molar-refractivity contribution in [2.75, 3.05) is 31.1 Å². The highest BCUT2D eigenvalue weighted by Crippen LogP contribution is 2.05. The van der Waals surface area contributed by atoms with Crippen LogP contribution in [0.5, 0.6) is 0 Å². The number of carbonyl (C=O) groups is 1. The van der Waals surface area contributed by atoms with Gasteiger partial charge in [0.05, 0.1) is 11.5 Å². The van der Waals surface area contributed by atoms with E-state index in [0.717, 1.165) is 13.0 Å². The van der Waals surface area contributed by atoms with Gasteiger partial charge in [0.25, 0.3) is 0 Å². The summed E-state index contributed by atoms with van der Waals surface area (Å²) >= 11 is 0. The molecule has 0 bridgehead atoms. The third kappa shape index (κ3) is 4.40. The molecular weight excluding hydrogens is 296 g/mol. The van der Waals surface area contributed by atoms with Crippen LogP contribution in [-0.2, 0) is 16.4 Å². The van der Waals surface area contributed by atoms with Crippen LogP contribution < -0.4 is 5.43 Å². The van der Waals surface area contributed by atoms with Gasteiger partial charge in [-0.25, -0.2) is 13.2 Å². The Bertz CT molecular complexity index is 666. The summed E-state index contributed by atoms with van der Waals surface area (Å²) in [4.78, 5) is 24.3. The van der Waals surface area contributed by atoms with Gasteiger partial charge in [0.1, 0.15) is 5.56 Å². The fraction of sp³-hybridized carbons (Fsp3) is 0.538. The Balaban J connectivity index is 1.85. The van der Waals surface area contributed by atoms with Crippen molar-refractivity contribution in [3.63, 3.8) is 0 Å². The highest BCUT2D eigenvalue weighted by Gasteiger charge is 2.20. The Hall–Kier alpha value is -1.67. The molecule has 1 N–H and O–H groups in total. The number of aryl methyl sites for hydroxylation is 1. The molecule has 1 fully saturated rings. The topological polar surface area (TPSA) is 96.7 Å². The first-order valence-corrected chi connectivity index (χ1v) is 8.56. The number of sulfone groups is 1. The molecule has 0 aromatic carbocycles. The van der Waals surface area contributed by atoms with E-state index < -0.39 is 21.2 Å². The maximum absolute atomic E-state index is 11.3. The molecule has 0 saturated carbocycles. The Morgan fingerprint density at radius 3 is 2.52 bits per heavy atom. The lowest BCUT2D eigenvalue weighted by Crippen LogP contribution is -2.40. The predicted molar refractivity (Wildman–Crippen MR) is 77.4 cm³/mol. The minimum Gasteiger partial charge on any atom is -0.477 e. The van der Waals surface area contributed by atoms with E-state index in [1.54, 1.807) is 10.8 Å². The minimum absolute atomic E-state index is 0.203. The zero-order valence-electron chi connectivity index (χ0n) is 11.6. The van der Waals surface area contributed by atoms with E-state index in [1.807, 2.05) is 0 Å². The van der Waals surface area contributed by atoms with Crippen molar-refractivity contribution >= 4 is 15.8 Å².